The van der Waals surface area contributed by atoms with Gasteiger partial charge in [0.1, 0.15) is 24.1 Å². The van der Waals surface area contributed by atoms with Crippen LogP contribution in [0.3, 0.4) is 0 Å². The highest BCUT2D eigenvalue weighted by molar-refractivity contribution is 9.11. The molecule has 3 nitrogen and oxygen atoms in total. The van der Waals surface area contributed by atoms with Crippen LogP contribution in [0.15, 0.2) is 43.9 Å². The minimum absolute atomic E-state index is 0.371. The first-order valence-electron chi connectivity index (χ1n) is 5.22. The lowest BCUT2D eigenvalue weighted by Crippen LogP contribution is -1.98. The number of pyridine rings is 1. The van der Waals surface area contributed by atoms with Gasteiger partial charge in [0.15, 0.2) is 0 Å². The summed E-state index contributed by atoms with van der Waals surface area (Å²) in [6, 6.07) is 9.35. The van der Waals surface area contributed by atoms with Crippen molar-refractivity contribution in [3.8, 4) is 11.8 Å². The highest BCUT2D eigenvalue weighted by Crippen LogP contribution is 2.36. The van der Waals surface area contributed by atoms with Gasteiger partial charge in [-0.1, -0.05) is 15.9 Å². The predicted molar refractivity (Wildman–Crippen MR) is 82.8 cm³/mol. The fourth-order valence-electron chi connectivity index (χ4n) is 1.45. The molecule has 19 heavy (non-hydrogen) atoms. The lowest BCUT2D eigenvalue weighted by atomic mass is 10.2. The van der Waals surface area contributed by atoms with E-state index in [9.17, 15) is 0 Å². The molecule has 2 rings (SSSR count). The molecule has 0 saturated carbocycles. The minimum Gasteiger partial charge on any atom is -0.487 e. The van der Waals surface area contributed by atoms with Crippen molar-refractivity contribution < 1.29 is 4.74 Å². The Kier molecular flexibility index (Phi) is 4.97. The van der Waals surface area contributed by atoms with E-state index >= 15 is 0 Å². The maximum atomic E-state index is 8.79. The molecule has 96 valence electrons. The van der Waals surface area contributed by atoms with E-state index < -0.39 is 0 Å². The largest absolute Gasteiger partial charge is 0.487 e. The van der Waals surface area contributed by atoms with Crippen molar-refractivity contribution in [1.29, 1.82) is 5.26 Å². The number of nitriles is 1. The molecule has 0 fully saturated rings. The molecule has 0 amide bonds. The highest BCUT2D eigenvalue weighted by atomic mass is 79.9. The maximum Gasteiger partial charge on any atom is 0.148 e. The van der Waals surface area contributed by atoms with Crippen molar-refractivity contribution in [3.05, 3.63) is 55.1 Å². The molecule has 0 aliphatic rings. The molecule has 6 heteroatoms. The molecule has 0 saturated heterocycles. The van der Waals surface area contributed by atoms with Gasteiger partial charge in [-0.25, -0.2) is 4.98 Å². The van der Waals surface area contributed by atoms with Crippen LogP contribution in [0.1, 0.15) is 11.3 Å². The Balaban J connectivity index is 2.17. The summed E-state index contributed by atoms with van der Waals surface area (Å²) in [4.78, 5) is 3.92. The quantitative estimate of drug-likeness (QED) is 0.679. The van der Waals surface area contributed by atoms with E-state index in [0.717, 1.165) is 24.7 Å². The molecule has 0 atom stereocenters. The number of hydrogen-bond acceptors (Lipinski definition) is 3. The van der Waals surface area contributed by atoms with Crippen molar-refractivity contribution in [3.63, 3.8) is 0 Å². The van der Waals surface area contributed by atoms with Crippen molar-refractivity contribution in [2.75, 3.05) is 0 Å². The third-order valence-electron chi connectivity index (χ3n) is 2.29. The van der Waals surface area contributed by atoms with Gasteiger partial charge in [0.05, 0.1) is 8.95 Å². The third kappa shape index (κ3) is 3.78. The number of hydrogen-bond donors (Lipinski definition) is 0. The van der Waals surface area contributed by atoms with Gasteiger partial charge >= 0.3 is 0 Å². The van der Waals surface area contributed by atoms with Crippen molar-refractivity contribution in [2.45, 2.75) is 6.61 Å². The average Bonchev–Trinajstić information content (AvgIpc) is 2.37. The standard InChI is InChI=1S/C13H7Br3N2O/c14-9-4-11(15)13(12(16)5-9)19-7-8-1-2-18-10(3-8)6-17/h1-5H,7H2. The van der Waals surface area contributed by atoms with Gasteiger partial charge in [-0.2, -0.15) is 5.26 Å². The summed E-state index contributed by atoms with van der Waals surface area (Å²) in [5.41, 5.74) is 1.28. The zero-order chi connectivity index (χ0) is 13.8. The Labute approximate surface area is 136 Å². The number of aromatic nitrogens is 1. The van der Waals surface area contributed by atoms with Crippen molar-refractivity contribution in [1.82, 2.24) is 4.98 Å². The van der Waals surface area contributed by atoms with Crippen LogP contribution in [-0.2, 0) is 6.61 Å². The summed E-state index contributed by atoms with van der Waals surface area (Å²) < 4.78 is 8.41. The summed E-state index contributed by atoms with van der Waals surface area (Å²) >= 11 is 10.3. The van der Waals surface area contributed by atoms with Crippen molar-refractivity contribution in [2.24, 2.45) is 0 Å². The van der Waals surface area contributed by atoms with Crippen LogP contribution >= 0.6 is 47.8 Å². The molecule has 0 radical (unpaired) electrons. The van der Waals surface area contributed by atoms with Crippen LogP contribution < -0.4 is 4.74 Å². The van der Waals surface area contributed by atoms with E-state index in [1.807, 2.05) is 24.3 Å². The predicted octanol–water partition coefficient (Wildman–Crippen LogP) is 4.82. The fourth-order valence-corrected chi connectivity index (χ4v) is 3.94. The molecular weight excluding hydrogens is 440 g/mol. The fraction of sp³-hybridized carbons (Fsp3) is 0.0769. The summed E-state index contributed by atoms with van der Waals surface area (Å²) in [5, 5.41) is 8.79. The van der Waals surface area contributed by atoms with Crippen LogP contribution in [0, 0.1) is 11.3 Å². The van der Waals surface area contributed by atoms with E-state index in [2.05, 4.69) is 52.8 Å². The van der Waals surface area contributed by atoms with E-state index in [0.29, 0.717) is 12.3 Å². The summed E-state index contributed by atoms with van der Waals surface area (Å²) in [5.74, 6) is 0.721. The van der Waals surface area contributed by atoms with Gasteiger partial charge in [0.2, 0.25) is 0 Å². The number of ether oxygens (including phenoxy) is 1. The van der Waals surface area contributed by atoms with Gasteiger partial charge in [-0.3, -0.25) is 0 Å². The van der Waals surface area contributed by atoms with E-state index in [-0.39, 0.29) is 0 Å². The first-order chi connectivity index (χ1) is 9.10. The van der Waals surface area contributed by atoms with Crippen LogP contribution in [0.4, 0.5) is 0 Å². The molecule has 1 heterocycles. The first-order valence-corrected chi connectivity index (χ1v) is 7.60. The summed E-state index contributed by atoms with van der Waals surface area (Å²) in [6.07, 6.45) is 1.60. The van der Waals surface area contributed by atoms with Gasteiger partial charge in [-0.15, -0.1) is 0 Å². The Morgan fingerprint density at radius 2 is 1.84 bits per heavy atom. The third-order valence-corrected chi connectivity index (χ3v) is 3.92. The van der Waals surface area contributed by atoms with E-state index in [1.165, 1.54) is 0 Å². The molecule has 1 aromatic carbocycles. The first kappa shape index (κ1) is 14.5. The van der Waals surface area contributed by atoms with Gasteiger partial charge in [0, 0.05) is 10.7 Å². The van der Waals surface area contributed by atoms with Gasteiger partial charge < -0.3 is 4.74 Å². The molecule has 2 aromatic rings. The zero-order valence-corrected chi connectivity index (χ0v) is 14.3. The minimum atomic E-state index is 0.371. The lowest BCUT2D eigenvalue weighted by Gasteiger charge is -2.11. The molecule has 1 aromatic heterocycles. The summed E-state index contributed by atoms with van der Waals surface area (Å²) in [6.45, 7) is 0.371. The average molecular weight is 447 g/mol. The maximum absolute atomic E-state index is 8.79. The SMILES string of the molecule is N#Cc1cc(COc2c(Br)cc(Br)cc2Br)ccn1. The second-order valence-electron chi connectivity index (χ2n) is 3.65. The molecule has 0 aliphatic carbocycles. The number of halogens is 3. The van der Waals surface area contributed by atoms with Crippen LogP contribution in [0.25, 0.3) is 0 Å². The Hall–Kier alpha value is -0.900. The molecule has 0 aliphatic heterocycles. The number of rotatable bonds is 3. The van der Waals surface area contributed by atoms with Crippen LogP contribution in [0.5, 0.6) is 5.75 Å². The summed E-state index contributed by atoms with van der Waals surface area (Å²) in [7, 11) is 0. The number of benzene rings is 1. The molecule has 0 unspecified atom stereocenters. The van der Waals surface area contributed by atoms with Gasteiger partial charge in [-0.05, 0) is 61.7 Å². The molecular formula is C13H7Br3N2O. The van der Waals surface area contributed by atoms with Crippen LogP contribution in [-0.4, -0.2) is 4.98 Å². The normalized spacial score (nSPS) is 10.0. The lowest BCUT2D eigenvalue weighted by molar-refractivity contribution is 0.302. The second kappa shape index (κ2) is 6.51. The Morgan fingerprint density at radius 1 is 1.16 bits per heavy atom. The molecule has 0 N–H and O–H groups in total. The van der Waals surface area contributed by atoms with Crippen LogP contribution in [0.2, 0.25) is 0 Å². The van der Waals surface area contributed by atoms with E-state index in [1.54, 1.807) is 12.3 Å². The van der Waals surface area contributed by atoms with Gasteiger partial charge in [0.25, 0.3) is 0 Å². The number of nitrogens with zero attached hydrogens (tertiary/aromatic N) is 2. The van der Waals surface area contributed by atoms with Crippen molar-refractivity contribution >= 4 is 47.8 Å². The second-order valence-corrected chi connectivity index (χ2v) is 6.27. The van der Waals surface area contributed by atoms with E-state index in [4.69, 9.17) is 10.00 Å². The monoisotopic (exact) mass is 444 g/mol. The smallest absolute Gasteiger partial charge is 0.148 e. The molecule has 0 bridgehead atoms. The topological polar surface area (TPSA) is 45.9 Å². The Morgan fingerprint density at radius 3 is 2.47 bits per heavy atom. The highest BCUT2D eigenvalue weighted by Gasteiger charge is 2.08. The Bertz CT molecular complexity index is 630. The molecule has 0 spiro atoms. The zero-order valence-electron chi connectivity index (χ0n) is 9.53.